The molecular weight excluding hydrogens is 350 g/mol. The van der Waals surface area contributed by atoms with Crippen molar-refractivity contribution in [2.45, 2.75) is 9.79 Å². The van der Waals surface area contributed by atoms with Crippen LogP contribution in [0.3, 0.4) is 0 Å². The maximum Gasteiger partial charge on any atom is 0.413 e. The summed E-state index contributed by atoms with van der Waals surface area (Å²) in [6, 6.07) is 19.1. The number of aromatic amines is 1. The van der Waals surface area contributed by atoms with Crippen molar-refractivity contribution in [3.05, 3.63) is 60.7 Å². The molecule has 0 saturated carbocycles. The molecule has 6 nitrogen and oxygen atoms in total. The second-order valence-corrected chi connectivity index (χ2v) is 7.14. The number of anilines is 1. The van der Waals surface area contributed by atoms with E-state index in [-0.39, 0.29) is 5.95 Å². The van der Waals surface area contributed by atoms with Gasteiger partial charge < -0.3 is 9.72 Å². The number of benzene rings is 3. The fourth-order valence-corrected chi connectivity index (χ4v) is 3.84. The largest absolute Gasteiger partial charge is 0.453 e. The predicted octanol–water partition coefficient (Wildman–Crippen LogP) is 4.06. The molecule has 130 valence electrons. The summed E-state index contributed by atoms with van der Waals surface area (Å²) in [5.74, 6) is 0.278. The Morgan fingerprint density at radius 3 is 2.58 bits per heavy atom. The zero-order valence-corrected chi connectivity index (χ0v) is 14.7. The summed E-state index contributed by atoms with van der Waals surface area (Å²) in [5.41, 5.74) is 1.35. The molecule has 7 heteroatoms. The lowest BCUT2D eigenvalue weighted by atomic mass is 10.1. The molecule has 0 aliphatic rings. The van der Waals surface area contributed by atoms with Crippen molar-refractivity contribution in [2.24, 2.45) is 0 Å². The number of fused-ring (bicyclic) bond motifs is 2. The Bertz CT molecular complexity index is 1150. The lowest BCUT2D eigenvalue weighted by Gasteiger charge is -2.04. The molecule has 0 fully saturated rings. The number of hydrogen-bond acceptors (Lipinski definition) is 4. The fraction of sp³-hybridized carbons (Fsp3) is 0.0526. The topological polar surface area (TPSA) is 84.1 Å². The minimum atomic E-state index is -1.32. The van der Waals surface area contributed by atoms with E-state index < -0.39 is 16.9 Å². The first kappa shape index (κ1) is 16.3. The maximum atomic E-state index is 13.0. The van der Waals surface area contributed by atoms with Gasteiger partial charge in [0.05, 0.1) is 28.9 Å². The van der Waals surface area contributed by atoms with E-state index in [4.69, 9.17) is 0 Å². The molecule has 1 heterocycles. The first-order chi connectivity index (χ1) is 12.6. The molecule has 0 saturated heterocycles. The highest BCUT2D eigenvalue weighted by Crippen LogP contribution is 2.24. The SMILES string of the molecule is COC(=O)Nc1nc2ccc(S(=O)c3ccc4ccccc4c3)cc2[nH]1. The number of ether oxygens (including phenoxy) is 1. The molecule has 3 aromatic carbocycles. The zero-order valence-electron chi connectivity index (χ0n) is 13.9. The summed E-state index contributed by atoms with van der Waals surface area (Å²) in [4.78, 5) is 19.9. The van der Waals surface area contributed by atoms with Gasteiger partial charge in [-0.05, 0) is 41.1 Å². The van der Waals surface area contributed by atoms with Gasteiger partial charge >= 0.3 is 6.09 Å². The number of H-pyrrole nitrogens is 1. The molecule has 1 unspecified atom stereocenters. The number of hydrogen-bond donors (Lipinski definition) is 2. The fourth-order valence-electron chi connectivity index (χ4n) is 2.73. The molecule has 1 aromatic heterocycles. The smallest absolute Gasteiger partial charge is 0.413 e. The van der Waals surface area contributed by atoms with Gasteiger partial charge in [0.25, 0.3) is 0 Å². The summed E-state index contributed by atoms with van der Waals surface area (Å²) >= 11 is 0. The van der Waals surface area contributed by atoms with E-state index in [1.807, 2.05) is 42.5 Å². The van der Waals surface area contributed by atoms with Crippen molar-refractivity contribution in [1.29, 1.82) is 0 Å². The van der Waals surface area contributed by atoms with E-state index in [2.05, 4.69) is 20.0 Å². The van der Waals surface area contributed by atoms with Crippen molar-refractivity contribution >= 4 is 44.6 Å². The molecule has 1 amide bonds. The van der Waals surface area contributed by atoms with Crippen LogP contribution in [0.5, 0.6) is 0 Å². The van der Waals surface area contributed by atoms with Gasteiger partial charge in [0.2, 0.25) is 5.95 Å². The van der Waals surface area contributed by atoms with Gasteiger partial charge in [0.15, 0.2) is 0 Å². The van der Waals surface area contributed by atoms with E-state index in [0.29, 0.717) is 15.9 Å². The van der Waals surface area contributed by atoms with Gasteiger partial charge in [0, 0.05) is 9.79 Å². The lowest BCUT2D eigenvalue weighted by molar-refractivity contribution is 0.186. The number of rotatable bonds is 3. The minimum Gasteiger partial charge on any atom is -0.453 e. The summed E-state index contributed by atoms with van der Waals surface area (Å²) in [6.07, 6.45) is -0.607. The van der Waals surface area contributed by atoms with Crippen LogP contribution in [0.2, 0.25) is 0 Å². The van der Waals surface area contributed by atoms with Crippen molar-refractivity contribution in [3.8, 4) is 0 Å². The molecule has 4 aromatic rings. The highest BCUT2D eigenvalue weighted by atomic mass is 32.2. The molecule has 1 atom stereocenters. The summed E-state index contributed by atoms with van der Waals surface area (Å²) < 4.78 is 17.5. The van der Waals surface area contributed by atoms with Crippen LogP contribution in [0.1, 0.15) is 0 Å². The second kappa shape index (κ2) is 6.61. The van der Waals surface area contributed by atoms with Crippen molar-refractivity contribution in [2.75, 3.05) is 12.4 Å². The van der Waals surface area contributed by atoms with Crippen LogP contribution in [-0.2, 0) is 15.5 Å². The number of methoxy groups -OCH3 is 1. The number of imidazole rings is 1. The van der Waals surface area contributed by atoms with Gasteiger partial charge in [-0.1, -0.05) is 30.3 Å². The standard InChI is InChI=1S/C19H15N3O3S/c1-25-19(23)22-18-20-16-9-8-15(11-17(16)21-18)26(24)14-7-6-12-4-2-3-5-13(12)10-14/h2-11H,1H3,(H2,20,21,22,23). The third-order valence-corrected chi connectivity index (χ3v) is 5.37. The normalized spacial score (nSPS) is 12.2. The van der Waals surface area contributed by atoms with Crippen LogP contribution in [0.15, 0.2) is 70.5 Å². The first-order valence-electron chi connectivity index (χ1n) is 7.89. The van der Waals surface area contributed by atoms with E-state index in [0.717, 1.165) is 15.7 Å². The monoisotopic (exact) mass is 365 g/mol. The number of amides is 1. The molecule has 26 heavy (non-hydrogen) atoms. The molecule has 0 aliphatic heterocycles. The molecule has 2 N–H and O–H groups in total. The van der Waals surface area contributed by atoms with Crippen molar-refractivity contribution in [3.63, 3.8) is 0 Å². The van der Waals surface area contributed by atoms with Crippen LogP contribution >= 0.6 is 0 Å². The highest BCUT2D eigenvalue weighted by molar-refractivity contribution is 7.85. The maximum absolute atomic E-state index is 13.0. The Balaban J connectivity index is 1.68. The van der Waals surface area contributed by atoms with Crippen LogP contribution in [0.4, 0.5) is 10.7 Å². The Labute approximate surface area is 151 Å². The number of aromatic nitrogens is 2. The molecule has 0 bridgehead atoms. The number of carbonyl (C=O) groups is 1. The Morgan fingerprint density at radius 1 is 1.04 bits per heavy atom. The number of carbonyl (C=O) groups excluding carboxylic acids is 1. The van der Waals surface area contributed by atoms with E-state index in [9.17, 15) is 9.00 Å². The predicted molar refractivity (Wildman–Crippen MR) is 101 cm³/mol. The third-order valence-electron chi connectivity index (χ3n) is 4.01. The Kier molecular flexibility index (Phi) is 4.14. The number of nitrogens with one attached hydrogen (secondary N) is 2. The lowest BCUT2D eigenvalue weighted by Crippen LogP contribution is -2.11. The van der Waals surface area contributed by atoms with Gasteiger partial charge in [-0.2, -0.15) is 0 Å². The van der Waals surface area contributed by atoms with Crippen LogP contribution < -0.4 is 5.32 Å². The first-order valence-corrected chi connectivity index (χ1v) is 9.04. The van der Waals surface area contributed by atoms with Crippen LogP contribution in [0, 0.1) is 0 Å². The highest BCUT2D eigenvalue weighted by Gasteiger charge is 2.12. The van der Waals surface area contributed by atoms with Crippen molar-refractivity contribution < 1.29 is 13.7 Å². The average Bonchev–Trinajstić information content (AvgIpc) is 3.08. The van der Waals surface area contributed by atoms with E-state index in [1.54, 1.807) is 18.2 Å². The summed E-state index contributed by atoms with van der Waals surface area (Å²) in [6.45, 7) is 0. The summed E-state index contributed by atoms with van der Waals surface area (Å²) in [5, 5.41) is 4.63. The van der Waals surface area contributed by atoms with Gasteiger partial charge in [0.1, 0.15) is 0 Å². The molecule has 0 radical (unpaired) electrons. The van der Waals surface area contributed by atoms with Gasteiger partial charge in [-0.3, -0.25) is 5.32 Å². The third kappa shape index (κ3) is 3.04. The molecular formula is C19H15N3O3S. The molecule has 0 spiro atoms. The second-order valence-electron chi connectivity index (χ2n) is 5.66. The quantitative estimate of drug-likeness (QED) is 0.573. The van der Waals surface area contributed by atoms with Gasteiger partial charge in [-0.15, -0.1) is 0 Å². The summed E-state index contributed by atoms with van der Waals surface area (Å²) in [7, 11) is -0.0412. The minimum absolute atomic E-state index is 0.278. The van der Waals surface area contributed by atoms with E-state index in [1.165, 1.54) is 7.11 Å². The van der Waals surface area contributed by atoms with Crippen LogP contribution in [-0.4, -0.2) is 27.4 Å². The van der Waals surface area contributed by atoms with E-state index >= 15 is 0 Å². The van der Waals surface area contributed by atoms with Crippen molar-refractivity contribution in [1.82, 2.24) is 9.97 Å². The molecule has 0 aliphatic carbocycles. The van der Waals surface area contributed by atoms with Gasteiger partial charge in [-0.25, -0.2) is 14.0 Å². The van der Waals surface area contributed by atoms with Crippen LogP contribution in [0.25, 0.3) is 21.8 Å². The Hall–Kier alpha value is -3.19. The number of nitrogens with zero attached hydrogens (tertiary/aromatic N) is 1. The Morgan fingerprint density at radius 2 is 1.77 bits per heavy atom. The zero-order chi connectivity index (χ0) is 18.1. The average molecular weight is 365 g/mol. The molecule has 4 rings (SSSR count).